The van der Waals surface area contributed by atoms with E-state index >= 15 is 0 Å². The van der Waals surface area contributed by atoms with Crippen LogP contribution in [0.1, 0.15) is 22.3 Å². The van der Waals surface area contributed by atoms with Gasteiger partial charge in [0.25, 0.3) is 11.8 Å². The van der Waals surface area contributed by atoms with E-state index in [1.165, 1.54) is 16.7 Å². The van der Waals surface area contributed by atoms with Crippen molar-refractivity contribution in [2.24, 2.45) is 0 Å². The average molecular weight is 429 g/mol. The van der Waals surface area contributed by atoms with E-state index in [2.05, 4.69) is 5.32 Å². The average Bonchev–Trinajstić information content (AvgIpc) is 2.97. The smallest absolute Gasteiger partial charge is 0.283 e. The van der Waals surface area contributed by atoms with Crippen molar-refractivity contribution >= 4 is 35.0 Å². The van der Waals surface area contributed by atoms with Crippen LogP contribution in [0.4, 0.5) is 11.4 Å². The molecule has 0 fully saturated rings. The fourth-order valence-corrected chi connectivity index (χ4v) is 4.45. The number of nitrogens with zero attached hydrogens (tertiary/aromatic N) is 1. The Hall–Kier alpha value is -3.31. The van der Waals surface area contributed by atoms with Gasteiger partial charge in [0.15, 0.2) is 0 Å². The van der Waals surface area contributed by atoms with Crippen LogP contribution in [-0.2, 0) is 9.59 Å². The van der Waals surface area contributed by atoms with Gasteiger partial charge in [-0.1, -0.05) is 54.2 Å². The highest BCUT2D eigenvalue weighted by Gasteiger charge is 2.41. The van der Waals surface area contributed by atoms with Gasteiger partial charge < -0.3 is 5.32 Å². The van der Waals surface area contributed by atoms with Crippen LogP contribution in [-0.4, -0.2) is 11.8 Å². The zero-order valence-electron chi connectivity index (χ0n) is 18.0. The SMILES string of the molecule is Cc1ccc(C)c(NC2=C(Sc3ccccc3)C(=O)N(c3cc(C)ccc3C)C2=O)c1. The Kier molecular flexibility index (Phi) is 5.70. The first-order chi connectivity index (χ1) is 14.8. The first-order valence-electron chi connectivity index (χ1n) is 10.1. The molecule has 0 bridgehead atoms. The molecule has 0 unspecified atom stereocenters. The van der Waals surface area contributed by atoms with E-state index in [0.717, 1.165) is 32.8 Å². The maximum atomic E-state index is 13.6. The van der Waals surface area contributed by atoms with Crippen molar-refractivity contribution in [3.05, 3.63) is 99.6 Å². The molecule has 4 nitrogen and oxygen atoms in total. The number of carbonyl (C=O) groups is 2. The zero-order valence-corrected chi connectivity index (χ0v) is 18.8. The second-order valence-corrected chi connectivity index (χ2v) is 8.88. The Labute approximate surface area is 187 Å². The highest BCUT2D eigenvalue weighted by atomic mass is 32.2. The lowest BCUT2D eigenvalue weighted by Gasteiger charge is -2.18. The molecule has 156 valence electrons. The molecule has 2 amide bonds. The molecule has 31 heavy (non-hydrogen) atoms. The number of hydrogen-bond donors (Lipinski definition) is 1. The van der Waals surface area contributed by atoms with Gasteiger partial charge in [-0.2, -0.15) is 0 Å². The fourth-order valence-electron chi connectivity index (χ4n) is 3.51. The molecule has 3 aromatic carbocycles. The number of carbonyl (C=O) groups excluding carboxylic acids is 2. The van der Waals surface area contributed by atoms with Gasteiger partial charge in [-0.25, -0.2) is 4.90 Å². The number of nitrogens with one attached hydrogen (secondary N) is 1. The highest BCUT2D eigenvalue weighted by Crippen LogP contribution is 2.39. The number of rotatable bonds is 5. The quantitative estimate of drug-likeness (QED) is 0.513. The van der Waals surface area contributed by atoms with Gasteiger partial charge in [0.05, 0.1) is 5.69 Å². The molecule has 4 rings (SSSR count). The second kappa shape index (κ2) is 8.44. The Morgan fingerprint density at radius 3 is 2.10 bits per heavy atom. The topological polar surface area (TPSA) is 49.4 Å². The molecule has 0 saturated heterocycles. The largest absolute Gasteiger partial charge is 0.350 e. The van der Waals surface area contributed by atoms with Crippen LogP contribution in [0.2, 0.25) is 0 Å². The highest BCUT2D eigenvalue weighted by molar-refractivity contribution is 8.04. The molecule has 1 aliphatic rings. The molecule has 5 heteroatoms. The molecule has 0 spiro atoms. The summed E-state index contributed by atoms with van der Waals surface area (Å²) in [6, 6.07) is 21.5. The first-order valence-corrected chi connectivity index (χ1v) is 10.9. The van der Waals surface area contributed by atoms with Gasteiger partial charge in [-0.15, -0.1) is 0 Å². The molecule has 1 heterocycles. The van der Waals surface area contributed by atoms with Gasteiger partial charge in [0, 0.05) is 10.6 Å². The molecule has 0 aromatic heterocycles. The molecule has 0 aliphatic carbocycles. The van der Waals surface area contributed by atoms with E-state index in [9.17, 15) is 9.59 Å². The normalized spacial score (nSPS) is 13.9. The van der Waals surface area contributed by atoms with Crippen LogP contribution < -0.4 is 10.2 Å². The third-order valence-corrected chi connectivity index (χ3v) is 6.35. The number of hydrogen-bond acceptors (Lipinski definition) is 4. The van der Waals surface area contributed by atoms with Gasteiger partial charge in [-0.3, -0.25) is 9.59 Å². The van der Waals surface area contributed by atoms with Crippen LogP contribution in [0, 0.1) is 27.7 Å². The van der Waals surface area contributed by atoms with E-state index < -0.39 is 0 Å². The Balaban J connectivity index is 1.81. The van der Waals surface area contributed by atoms with Gasteiger partial charge in [0.2, 0.25) is 0 Å². The van der Waals surface area contributed by atoms with Crippen LogP contribution >= 0.6 is 11.8 Å². The molecule has 0 radical (unpaired) electrons. The van der Waals surface area contributed by atoms with Crippen molar-refractivity contribution in [1.29, 1.82) is 0 Å². The zero-order chi connectivity index (χ0) is 22.1. The fraction of sp³-hybridized carbons (Fsp3) is 0.154. The predicted molar refractivity (Wildman–Crippen MR) is 127 cm³/mol. The van der Waals surface area contributed by atoms with E-state index in [1.54, 1.807) is 0 Å². The minimum Gasteiger partial charge on any atom is -0.350 e. The summed E-state index contributed by atoms with van der Waals surface area (Å²) in [6.45, 7) is 7.85. The minimum absolute atomic E-state index is 0.305. The minimum atomic E-state index is -0.335. The van der Waals surface area contributed by atoms with Crippen LogP contribution in [0.5, 0.6) is 0 Å². The lowest BCUT2D eigenvalue weighted by Crippen LogP contribution is -2.33. The monoisotopic (exact) mass is 428 g/mol. The number of anilines is 2. The number of amides is 2. The summed E-state index contributed by atoms with van der Waals surface area (Å²) < 4.78 is 0. The number of aryl methyl sites for hydroxylation is 4. The van der Waals surface area contributed by atoms with E-state index in [4.69, 9.17) is 0 Å². The van der Waals surface area contributed by atoms with Crippen molar-refractivity contribution in [2.75, 3.05) is 10.2 Å². The molecule has 0 saturated carbocycles. The van der Waals surface area contributed by atoms with Gasteiger partial charge in [-0.05, 0) is 74.2 Å². The van der Waals surface area contributed by atoms with Crippen LogP contribution in [0.15, 0.2) is 82.2 Å². The molecular weight excluding hydrogens is 404 g/mol. The van der Waals surface area contributed by atoms with Crippen molar-refractivity contribution in [1.82, 2.24) is 0 Å². The molecule has 0 atom stereocenters. The Morgan fingerprint density at radius 2 is 1.39 bits per heavy atom. The van der Waals surface area contributed by atoms with Crippen molar-refractivity contribution in [3.8, 4) is 0 Å². The van der Waals surface area contributed by atoms with E-state index in [-0.39, 0.29) is 11.8 Å². The summed E-state index contributed by atoms with van der Waals surface area (Å²) in [5.41, 5.74) is 5.72. The Bertz CT molecular complexity index is 1220. The maximum absolute atomic E-state index is 13.6. The third kappa shape index (κ3) is 4.14. The molecule has 3 aromatic rings. The maximum Gasteiger partial charge on any atom is 0.283 e. The lowest BCUT2D eigenvalue weighted by atomic mass is 10.1. The van der Waals surface area contributed by atoms with Gasteiger partial charge >= 0.3 is 0 Å². The summed E-state index contributed by atoms with van der Waals surface area (Å²) in [7, 11) is 0. The molecular formula is C26H24N2O2S. The number of imide groups is 1. The van der Waals surface area contributed by atoms with Crippen molar-refractivity contribution in [2.45, 2.75) is 32.6 Å². The lowest BCUT2D eigenvalue weighted by molar-refractivity contribution is -0.120. The Morgan fingerprint density at radius 1 is 0.742 bits per heavy atom. The molecule has 1 N–H and O–H groups in total. The summed E-state index contributed by atoms with van der Waals surface area (Å²) in [5, 5.41) is 3.28. The standard InChI is InChI=1S/C26H24N2O2S/c1-16-10-12-18(3)21(14-16)27-23-24(31-20-8-6-5-7-9-20)26(30)28(25(23)29)22-15-17(2)11-13-19(22)4/h5-15,27H,1-4H3. The van der Waals surface area contributed by atoms with Gasteiger partial charge in [0.1, 0.15) is 10.6 Å². The third-order valence-electron chi connectivity index (χ3n) is 5.26. The summed E-state index contributed by atoms with van der Waals surface area (Å²) in [6.07, 6.45) is 0. The first kappa shape index (κ1) is 20.9. The van der Waals surface area contributed by atoms with Crippen LogP contribution in [0.3, 0.4) is 0 Å². The van der Waals surface area contributed by atoms with E-state index in [1.807, 2.05) is 94.4 Å². The number of benzene rings is 3. The number of thioether (sulfide) groups is 1. The summed E-state index contributed by atoms with van der Waals surface area (Å²) in [5.74, 6) is -0.640. The van der Waals surface area contributed by atoms with Crippen molar-refractivity contribution in [3.63, 3.8) is 0 Å². The van der Waals surface area contributed by atoms with Crippen LogP contribution in [0.25, 0.3) is 0 Å². The van der Waals surface area contributed by atoms with Crippen molar-refractivity contribution < 1.29 is 9.59 Å². The summed E-state index contributed by atoms with van der Waals surface area (Å²) >= 11 is 1.31. The van der Waals surface area contributed by atoms with E-state index in [0.29, 0.717) is 16.3 Å². The predicted octanol–water partition coefficient (Wildman–Crippen LogP) is 5.91. The summed E-state index contributed by atoms with van der Waals surface area (Å²) in [4.78, 5) is 29.7. The second-order valence-electron chi connectivity index (χ2n) is 7.80. The molecule has 1 aliphatic heterocycles.